The van der Waals surface area contributed by atoms with Gasteiger partial charge in [-0.25, -0.2) is 0 Å². The lowest BCUT2D eigenvalue weighted by molar-refractivity contribution is -0.149. The van der Waals surface area contributed by atoms with Crippen LogP contribution in [0.15, 0.2) is 27.8 Å². The molecule has 26 heavy (non-hydrogen) atoms. The van der Waals surface area contributed by atoms with Crippen LogP contribution in [0.4, 0.5) is 0 Å². The molecule has 0 bridgehead atoms. The molecular formula is C19H32IN3O3. The van der Waals surface area contributed by atoms with Crippen LogP contribution in [0.2, 0.25) is 0 Å². The monoisotopic (exact) mass is 477 g/mol. The smallest absolute Gasteiger partial charge is 0.310 e. The Balaban J connectivity index is 0.00000338. The molecule has 2 atom stereocenters. The Bertz CT molecular complexity index is 548. The van der Waals surface area contributed by atoms with Gasteiger partial charge in [-0.15, -0.1) is 24.0 Å². The summed E-state index contributed by atoms with van der Waals surface area (Å²) in [4.78, 5) is 19.1. The van der Waals surface area contributed by atoms with E-state index in [9.17, 15) is 4.79 Å². The number of piperidine rings is 1. The summed E-state index contributed by atoms with van der Waals surface area (Å²) >= 11 is 0. The van der Waals surface area contributed by atoms with Gasteiger partial charge in [-0.2, -0.15) is 0 Å². The van der Waals surface area contributed by atoms with Crippen LogP contribution < -0.4 is 5.32 Å². The zero-order valence-corrected chi connectivity index (χ0v) is 18.4. The SMILES string of the molecule is CCOC(=O)C1CCCN(C(=NCCc2ccco2)NC(C)CC)C1.I. The molecule has 7 heteroatoms. The number of aliphatic imine (C=N–C) groups is 1. The van der Waals surface area contributed by atoms with Gasteiger partial charge in [-0.1, -0.05) is 6.92 Å². The summed E-state index contributed by atoms with van der Waals surface area (Å²) in [5, 5.41) is 3.50. The summed E-state index contributed by atoms with van der Waals surface area (Å²) in [7, 11) is 0. The van der Waals surface area contributed by atoms with Crippen LogP contribution in [0, 0.1) is 5.92 Å². The molecule has 0 spiro atoms. The van der Waals surface area contributed by atoms with Crippen LogP contribution in [-0.4, -0.2) is 49.1 Å². The van der Waals surface area contributed by atoms with Gasteiger partial charge in [0, 0.05) is 32.1 Å². The van der Waals surface area contributed by atoms with Crippen molar-refractivity contribution in [2.45, 2.75) is 52.5 Å². The van der Waals surface area contributed by atoms with Crippen LogP contribution in [-0.2, 0) is 16.0 Å². The molecule has 6 nitrogen and oxygen atoms in total. The van der Waals surface area contributed by atoms with Crippen molar-refractivity contribution >= 4 is 35.9 Å². The number of furan rings is 1. The molecule has 0 amide bonds. The number of esters is 1. The predicted octanol–water partition coefficient (Wildman–Crippen LogP) is 3.46. The third-order valence-electron chi connectivity index (χ3n) is 4.53. The lowest BCUT2D eigenvalue weighted by Crippen LogP contribution is -2.50. The Kier molecular flexibility index (Phi) is 10.7. The molecule has 2 rings (SSSR count). The standard InChI is InChI=1S/C19H31N3O3.HI/c1-4-15(3)21-19(20-11-10-17-9-7-13-25-17)22-12-6-8-16(14-22)18(23)24-5-2;/h7,9,13,15-16H,4-6,8,10-12,14H2,1-3H3,(H,20,21);1H. The molecule has 2 heterocycles. The topological polar surface area (TPSA) is 67.1 Å². The number of hydrogen-bond acceptors (Lipinski definition) is 4. The van der Waals surface area contributed by atoms with E-state index in [1.54, 1.807) is 6.26 Å². The third kappa shape index (κ3) is 7.17. The van der Waals surface area contributed by atoms with E-state index in [1.807, 2.05) is 19.1 Å². The maximum atomic E-state index is 12.1. The van der Waals surface area contributed by atoms with Crippen molar-refractivity contribution in [3.63, 3.8) is 0 Å². The second kappa shape index (κ2) is 12.2. The molecule has 1 aliphatic heterocycles. The number of carbonyl (C=O) groups excluding carboxylic acids is 1. The Morgan fingerprint density at radius 3 is 2.96 bits per heavy atom. The van der Waals surface area contributed by atoms with E-state index in [4.69, 9.17) is 14.1 Å². The second-order valence-corrected chi connectivity index (χ2v) is 6.53. The molecule has 0 aromatic carbocycles. The minimum Gasteiger partial charge on any atom is -0.469 e. The van der Waals surface area contributed by atoms with Crippen LogP contribution in [0.3, 0.4) is 0 Å². The van der Waals surface area contributed by atoms with E-state index in [0.29, 0.717) is 25.7 Å². The fraction of sp³-hybridized carbons (Fsp3) is 0.684. The first-order chi connectivity index (χ1) is 12.1. The second-order valence-electron chi connectivity index (χ2n) is 6.53. The van der Waals surface area contributed by atoms with Gasteiger partial charge < -0.3 is 19.4 Å². The quantitative estimate of drug-likeness (QED) is 0.282. The molecular weight excluding hydrogens is 445 g/mol. The average Bonchev–Trinajstić information content (AvgIpc) is 3.14. The number of nitrogens with zero attached hydrogens (tertiary/aromatic N) is 2. The highest BCUT2D eigenvalue weighted by Crippen LogP contribution is 2.18. The normalized spacial score (nSPS) is 18.8. The third-order valence-corrected chi connectivity index (χ3v) is 4.53. The van der Waals surface area contributed by atoms with Crippen molar-refractivity contribution in [3.8, 4) is 0 Å². The molecule has 1 N–H and O–H groups in total. The van der Waals surface area contributed by atoms with Gasteiger partial charge in [0.05, 0.1) is 18.8 Å². The Morgan fingerprint density at radius 1 is 1.50 bits per heavy atom. The van der Waals surface area contributed by atoms with Crippen LogP contribution in [0.25, 0.3) is 0 Å². The zero-order chi connectivity index (χ0) is 18.1. The van der Waals surface area contributed by atoms with Crippen molar-refractivity contribution in [3.05, 3.63) is 24.2 Å². The number of halogens is 1. The molecule has 1 aromatic rings. The number of rotatable bonds is 7. The van der Waals surface area contributed by atoms with Gasteiger partial charge in [-0.3, -0.25) is 9.79 Å². The highest BCUT2D eigenvalue weighted by atomic mass is 127. The first-order valence-electron chi connectivity index (χ1n) is 9.39. The van der Waals surface area contributed by atoms with E-state index in [-0.39, 0.29) is 35.9 Å². The van der Waals surface area contributed by atoms with E-state index in [0.717, 1.165) is 43.9 Å². The van der Waals surface area contributed by atoms with Gasteiger partial charge in [0.2, 0.25) is 0 Å². The average molecular weight is 477 g/mol. The van der Waals surface area contributed by atoms with Gasteiger partial charge in [-0.05, 0) is 45.2 Å². The first kappa shape index (κ1) is 22.8. The minimum absolute atomic E-state index is 0. The van der Waals surface area contributed by atoms with Gasteiger partial charge in [0.25, 0.3) is 0 Å². The molecule has 1 saturated heterocycles. The Hall–Kier alpha value is -1.25. The molecule has 148 valence electrons. The van der Waals surface area contributed by atoms with E-state index in [2.05, 4.69) is 24.1 Å². The highest BCUT2D eigenvalue weighted by molar-refractivity contribution is 14.0. The Labute approximate surface area is 173 Å². The number of nitrogens with one attached hydrogen (secondary N) is 1. The summed E-state index contributed by atoms with van der Waals surface area (Å²) in [6.45, 7) is 8.83. The van der Waals surface area contributed by atoms with Gasteiger partial charge in [0.15, 0.2) is 5.96 Å². The van der Waals surface area contributed by atoms with E-state index >= 15 is 0 Å². The molecule has 0 saturated carbocycles. The lowest BCUT2D eigenvalue weighted by Gasteiger charge is -2.35. The fourth-order valence-electron chi connectivity index (χ4n) is 2.91. The summed E-state index contributed by atoms with van der Waals surface area (Å²) in [5.41, 5.74) is 0. The molecule has 0 aliphatic carbocycles. The molecule has 1 fully saturated rings. The minimum atomic E-state index is -0.0920. The van der Waals surface area contributed by atoms with Crippen molar-refractivity contribution in [2.24, 2.45) is 10.9 Å². The largest absolute Gasteiger partial charge is 0.469 e. The van der Waals surface area contributed by atoms with E-state index in [1.165, 1.54) is 0 Å². The number of ether oxygens (including phenoxy) is 1. The number of carbonyl (C=O) groups is 1. The molecule has 1 aliphatic rings. The summed E-state index contributed by atoms with van der Waals surface area (Å²) in [6.07, 6.45) is 5.34. The fourth-order valence-corrected chi connectivity index (χ4v) is 2.91. The van der Waals surface area contributed by atoms with Gasteiger partial charge >= 0.3 is 5.97 Å². The van der Waals surface area contributed by atoms with Crippen molar-refractivity contribution in [1.82, 2.24) is 10.2 Å². The van der Waals surface area contributed by atoms with Crippen LogP contribution in [0.5, 0.6) is 0 Å². The maximum Gasteiger partial charge on any atom is 0.310 e. The molecule has 0 radical (unpaired) electrons. The predicted molar refractivity (Wildman–Crippen MR) is 114 cm³/mol. The first-order valence-corrected chi connectivity index (χ1v) is 9.39. The number of hydrogen-bond donors (Lipinski definition) is 1. The lowest BCUT2D eigenvalue weighted by atomic mass is 9.98. The van der Waals surface area contributed by atoms with Crippen molar-refractivity contribution in [1.29, 1.82) is 0 Å². The van der Waals surface area contributed by atoms with Crippen LogP contribution in [0.1, 0.15) is 45.8 Å². The number of likely N-dealkylation sites (tertiary alicyclic amines) is 1. The van der Waals surface area contributed by atoms with Crippen molar-refractivity contribution < 1.29 is 13.9 Å². The van der Waals surface area contributed by atoms with E-state index < -0.39 is 0 Å². The summed E-state index contributed by atoms with van der Waals surface area (Å²) in [6, 6.07) is 4.20. The highest BCUT2D eigenvalue weighted by Gasteiger charge is 2.28. The molecule has 2 unspecified atom stereocenters. The summed E-state index contributed by atoms with van der Waals surface area (Å²) < 4.78 is 10.6. The summed E-state index contributed by atoms with van der Waals surface area (Å²) in [5.74, 6) is 1.66. The Morgan fingerprint density at radius 2 is 2.31 bits per heavy atom. The van der Waals surface area contributed by atoms with Gasteiger partial charge in [0.1, 0.15) is 5.76 Å². The van der Waals surface area contributed by atoms with Crippen LogP contribution >= 0.6 is 24.0 Å². The maximum absolute atomic E-state index is 12.1. The number of guanidine groups is 1. The molecule has 1 aromatic heterocycles. The van der Waals surface area contributed by atoms with Crippen molar-refractivity contribution in [2.75, 3.05) is 26.2 Å². The zero-order valence-electron chi connectivity index (χ0n) is 16.1.